The minimum atomic E-state index is -4.68. The predicted octanol–water partition coefficient (Wildman–Crippen LogP) is 2.10. The largest absolute Gasteiger partial charge is 0.415 e. The third kappa shape index (κ3) is 6.14. The van der Waals surface area contributed by atoms with Crippen LogP contribution in [0.5, 0.6) is 0 Å². The number of alkyl halides is 3. The molecule has 118 valence electrons. The molecule has 0 aliphatic heterocycles. The molecule has 1 unspecified atom stereocenters. The molecule has 0 aliphatic rings. The Kier molecular flexibility index (Phi) is 5.74. The number of likely N-dealkylation sites (N-methyl/N-ethyl adjacent to an activating group) is 1. The summed E-state index contributed by atoms with van der Waals surface area (Å²) >= 11 is 0. The van der Waals surface area contributed by atoms with Crippen molar-refractivity contribution in [3.8, 4) is 0 Å². The van der Waals surface area contributed by atoms with Gasteiger partial charge in [-0.25, -0.2) is 0 Å². The monoisotopic (exact) mass is 304 g/mol. The fourth-order valence-electron chi connectivity index (χ4n) is 1.96. The second kappa shape index (κ2) is 6.91. The van der Waals surface area contributed by atoms with E-state index < -0.39 is 24.7 Å². The molecule has 0 heterocycles. The summed E-state index contributed by atoms with van der Waals surface area (Å²) in [6.07, 6.45) is -7.14. The number of nitrogens with zero attached hydrogens (tertiary/aromatic N) is 1. The molecule has 0 aliphatic carbocycles. The molecular formula is C14H19F3N2O2. The first-order valence-electron chi connectivity index (χ1n) is 6.39. The maximum atomic E-state index is 12.2. The SMILES string of the molecule is Cc1cc(C)cc(NC(=O)CN(C)CC(O)C(F)(F)F)c1. The summed E-state index contributed by atoms with van der Waals surface area (Å²) in [6, 6.07) is 5.49. The number of aryl methyl sites for hydroxylation is 2. The summed E-state index contributed by atoms with van der Waals surface area (Å²) in [6.45, 7) is 2.88. The van der Waals surface area contributed by atoms with Crippen LogP contribution in [0.3, 0.4) is 0 Å². The third-order valence-electron chi connectivity index (χ3n) is 2.78. The second-order valence-electron chi connectivity index (χ2n) is 5.18. The Hall–Kier alpha value is -1.60. The van der Waals surface area contributed by atoms with Crippen LogP contribution < -0.4 is 5.32 Å². The van der Waals surface area contributed by atoms with Crippen LogP contribution in [0.1, 0.15) is 11.1 Å². The fraction of sp³-hybridized carbons (Fsp3) is 0.500. The van der Waals surface area contributed by atoms with Gasteiger partial charge in [-0.05, 0) is 44.2 Å². The van der Waals surface area contributed by atoms with Crippen LogP contribution in [-0.4, -0.2) is 48.3 Å². The Morgan fingerprint density at radius 1 is 1.29 bits per heavy atom. The normalized spacial score (nSPS) is 13.3. The summed E-state index contributed by atoms with van der Waals surface area (Å²) in [5.41, 5.74) is 2.56. The number of halogens is 3. The van der Waals surface area contributed by atoms with Crippen LogP contribution in [0, 0.1) is 13.8 Å². The van der Waals surface area contributed by atoms with Crippen LogP contribution in [-0.2, 0) is 4.79 Å². The molecule has 1 aromatic carbocycles. The molecule has 7 heteroatoms. The lowest BCUT2D eigenvalue weighted by molar-refractivity contribution is -0.207. The highest BCUT2D eigenvalue weighted by Crippen LogP contribution is 2.20. The molecular weight excluding hydrogens is 285 g/mol. The van der Waals surface area contributed by atoms with Crippen molar-refractivity contribution in [2.45, 2.75) is 26.1 Å². The number of anilines is 1. The van der Waals surface area contributed by atoms with Crippen LogP contribution in [0.15, 0.2) is 18.2 Å². The Bertz CT molecular complexity index is 483. The summed E-state index contributed by atoms with van der Waals surface area (Å²) in [5, 5.41) is 11.6. The van der Waals surface area contributed by atoms with Gasteiger partial charge in [0.05, 0.1) is 6.54 Å². The number of carbonyl (C=O) groups is 1. The van der Waals surface area contributed by atoms with Gasteiger partial charge in [0.1, 0.15) is 0 Å². The van der Waals surface area contributed by atoms with E-state index in [0.29, 0.717) is 5.69 Å². The van der Waals surface area contributed by atoms with E-state index in [2.05, 4.69) is 5.32 Å². The average molecular weight is 304 g/mol. The first-order valence-corrected chi connectivity index (χ1v) is 6.39. The zero-order valence-corrected chi connectivity index (χ0v) is 12.2. The van der Waals surface area contributed by atoms with Crippen molar-refractivity contribution >= 4 is 11.6 Å². The zero-order valence-electron chi connectivity index (χ0n) is 12.2. The number of benzene rings is 1. The maximum absolute atomic E-state index is 12.2. The Morgan fingerprint density at radius 2 is 1.81 bits per heavy atom. The van der Waals surface area contributed by atoms with E-state index in [1.807, 2.05) is 19.9 Å². The average Bonchev–Trinajstić information content (AvgIpc) is 2.24. The molecule has 0 aromatic heterocycles. The Balaban J connectivity index is 2.53. The lowest BCUT2D eigenvalue weighted by Gasteiger charge is -2.21. The molecule has 1 amide bonds. The highest BCUT2D eigenvalue weighted by molar-refractivity contribution is 5.92. The first-order chi connectivity index (χ1) is 9.57. The number of nitrogens with one attached hydrogen (secondary N) is 1. The highest BCUT2D eigenvalue weighted by Gasteiger charge is 2.38. The lowest BCUT2D eigenvalue weighted by Crippen LogP contribution is -2.42. The van der Waals surface area contributed by atoms with Crippen molar-refractivity contribution in [3.63, 3.8) is 0 Å². The molecule has 4 nitrogen and oxygen atoms in total. The van der Waals surface area contributed by atoms with Gasteiger partial charge in [0, 0.05) is 12.2 Å². The summed E-state index contributed by atoms with van der Waals surface area (Å²) in [7, 11) is 1.34. The van der Waals surface area contributed by atoms with Crippen LogP contribution >= 0.6 is 0 Å². The molecule has 0 saturated carbocycles. The number of aliphatic hydroxyl groups is 1. The van der Waals surface area contributed by atoms with Crippen LogP contribution in [0.4, 0.5) is 18.9 Å². The van der Waals surface area contributed by atoms with Gasteiger partial charge in [-0.2, -0.15) is 13.2 Å². The minimum Gasteiger partial charge on any atom is -0.382 e. The van der Waals surface area contributed by atoms with E-state index in [1.54, 1.807) is 12.1 Å². The van der Waals surface area contributed by atoms with Gasteiger partial charge in [-0.1, -0.05) is 6.07 Å². The van der Waals surface area contributed by atoms with Gasteiger partial charge in [0.2, 0.25) is 5.91 Å². The van der Waals surface area contributed by atoms with E-state index in [9.17, 15) is 18.0 Å². The maximum Gasteiger partial charge on any atom is 0.415 e. The van der Waals surface area contributed by atoms with Crippen LogP contribution in [0.2, 0.25) is 0 Å². The number of amides is 1. The molecule has 21 heavy (non-hydrogen) atoms. The number of rotatable bonds is 5. The van der Waals surface area contributed by atoms with Crippen molar-refractivity contribution in [2.75, 3.05) is 25.5 Å². The summed E-state index contributed by atoms with van der Waals surface area (Å²) < 4.78 is 36.6. The first kappa shape index (κ1) is 17.5. The standard InChI is InChI=1S/C14H19F3N2O2/c1-9-4-10(2)6-11(5-9)18-13(21)8-19(3)7-12(20)14(15,16)17/h4-6,12,20H,7-8H2,1-3H3,(H,18,21). The summed E-state index contributed by atoms with van der Waals surface area (Å²) in [5.74, 6) is -0.433. The molecule has 0 radical (unpaired) electrons. The minimum absolute atomic E-state index is 0.236. The van der Waals surface area contributed by atoms with Crippen molar-refractivity contribution in [3.05, 3.63) is 29.3 Å². The smallest absolute Gasteiger partial charge is 0.382 e. The molecule has 2 N–H and O–H groups in total. The summed E-state index contributed by atoms with van der Waals surface area (Å²) in [4.78, 5) is 12.9. The highest BCUT2D eigenvalue weighted by atomic mass is 19.4. The van der Waals surface area contributed by atoms with Gasteiger partial charge in [-0.3, -0.25) is 9.69 Å². The number of carbonyl (C=O) groups excluding carboxylic acids is 1. The van der Waals surface area contributed by atoms with Gasteiger partial charge in [0.15, 0.2) is 6.10 Å². The van der Waals surface area contributed by atoms with Crippen LogP contribution in [0.25, 0.3) is 0 Å². The van der Waals surface area contributed by atoms with Gasteiger partial charge < -0.3 is 10.4 Å². The van der Waals surface area contributed by atoms with E-state index in [0.717, 1.165) is 16.0 Å². The zero-order chi connectivity index (χ0) is 16.2. The second-order valence-corrected chi connectivity index (χ2v) is 5.18. The van der Waals surface area contributed by atoms with E-state index >= 15 is 0 Å². The fourth-order valence-corrected chi connectivity index (χ4v) is 1.96. The molecule has 0 saturated heterocycles. The molecule has 0 spiro atoms. The van der Waals surface area contributed by atoms with Gasteiger partial charge >= 0.3 is 6.18 Å². The molecule has 1 rings (SSSR count). The van der Waals surface area contributed by atoms with E-state index in [1.165, 1.54) is 7.05 Å². The van der Waals surface area contributed by atoms with Crippen molar-refractivity contribution in [1.82, 2.24) is 4.90 Å². The van der Waals surface area contributed by atoms with Gasteiger partial charge in [0.25, 0.3) is 0 Å². The lowest BCUT2D eigenvalue weighted by atomic mass is 10.1. The number of aliphatic hydroxyl groups excluding tert-OH is 1. The number of hydrogen-bond donors (Lipinski definition) is 2. The van der Waals surface area contributed by atoms with Gasteiger partial charge in [-0.15, -0.1) is 0 Å². The van der Waals surface area contributed by atoms with Crippen molar-refractivity contribution in [1.29, 1.82) is 0 Å². The van der Waals surface area contributed by atoms with Crippen molar-refractivity contribution in [2.24, 2.45) is 0 Å². The molecule has 0 fully saturated rings. The van der Waals surface area contributed by atoms with Crippen molar-refractivity contribution < 1.29 is 23.1 Å². The van der Waals surface area contributed by atoms with E-state index in [4.69, 9.17) is 5.11 Å². The predicted molar refractivity (Wildman–Crippen MR) is 74.1 cm³/mol. The molecule has 1 aromatic rings. The topological polar surface area (TPSA) is 52.6 Å². The molecule has 0 bridgehead atoms. The number of hydrogen-bond acceptors (Lipinski definition) is 3. The quantitative estimate of drug-likeness (QED) is 0.876. The Morgan fingerprint density at radius 3 is 2.29 bits per heavy atom. The Labute approximate surface area is 121 Å². The molecule has 1 atom stereocenters. The third-order valence-corrected chi connectivity index (χ3v) is 2.78. The van der Waals surface area contributed by atoms with E-state index in [-0.39, 0.29) is 6.54 Å².